The number of hydrogen-bond donors (Lipinski definition) is 1. The van der Waals surface area contributed by atoms with Crippen molar-refractivity contribution in [3.05, 3.63) is 69.9 Å². The van der Waals surface area contributed by atoms with Crippen LogP contribution in [-0.2, 0) is 11.3 Å². The minimum absolute atomic E-state index is 0.113. The fourth-order valence-corrected chi connectivity index (χ4v) is 3.28. The van der Waals surface area contributed by atoms with Crippen LogP contribution in [0.5, 0.6) is 23.1 Å². The largest absolute Gasteiger partial charge is 0.497 e. The monoisotopic (exact) mass is 534 g/mol. The predicted molar refractivity (Wildman–Crippen MR) is 126 cm³/mol. The van der Waals surface area contributed by atoms with Crippen molar-refractivity contribution in [3.8, 4) is 23.1 Å². The Balaban J connectivity index is 1.95. The Hall–Kier alpha value is -2.85. The average molecular weight is 534 g/mol. The lowest BCUT2D eigenvalue weighted by Gasteiger charge is -2.24. The smallest absolute Gasteiger partial charge is 0.243 e. The van der Waals surface area contributed by atoms with Crippen molar-refractivity contribution < 1.29 is 24.1 Å². The van der Waals surface area contributed by atoms with Crippen molar-refractivity contribution in [2.75, 3.05) is 25.2 Å². The zero-order chi connectivity index (χ0) is 22.2. The average Bonchev–Trinajstić information content (AvgIpc) is 2.78. The Bertz CT molecular complexity index is 1030. The van der Waals surface area contributed by atoms with Crippen LogP contribution < -0.4 is 19.1 Å². The van der Waals surface area contributed by atoms with E-state index in [-0.39, 0.29) is 25.7 Å². The lowest BCUT2D eigenvalue weighted by atomic mass is 10.1. The van der Waals surface area contributed by atoms with Crippen molar-refractivity contribution >= 4 is 34.2 Å². The van der Waals surface area contributed by atoms with Crippen molar-refractivity contribution in [3.63, 3.8) is 0 Å². The second-order valence-corrected chi connectivity index (χ2v) is 7.78. The molecule has 1 aromatic heterocycles. The summed E-state index contributed by atoms with van der Waals surface area (Å²) in [5.41, 5.74) is 1.26. The molecular weight excluding hydrogens is 511 g/mol. The van der Waals surface area contributed by atoms with Crippen LogP contribution in [0.15, 0.2) is 60.8 Å². The van der Waals surface area contributed by atoms with E-state index in [1.807, 2.05) is 24.3 Å². The van der Waals surface area contributed by atoms with Gasteiger partial charge in [-0.15, -0.1) is 0 Å². The molecule has 0 aliphatic carbocycles. The number of rotatable bonds is 9. The second-order valence-electron chi connectivity index (χ2n) is 6.53. The Labute approximate surface area is 194 Å². The number of carbonyl (C=O) groups excluding carboxylic acids is 1. The van der Waals surface area contributed by atoms with E-state index in [2.05, 4.69) is 27.6 Å². The van der Waals surface area contributed by atoms with E-state index < -0.39 is 0 Å². The van der Waals surface area contributed by atoms with Gasteiger partial charge in [-0.2, -0.15) is 0 Å². The van der Waals surface area contributed by atoms with E-state index in [1.54, 1.807) is 48.5 Å². The Morgan fingerprint density at radius 3 is 2.55 bits per heavy atom. The van der Waals surface area contributed by atoms with Gasteiger partial charge in [0, 0.05) is 22.3 Å². The number of benzene rings is 2. The number of amides is 1. The van der Waals surface area contributed by atoms with E-state index in [0.29, 0.717) is 28.8 Å². The number of pyridine rings is 1. The highest BCUT2D eigenvalue weighted by molar-refractivity contribution is 14.1. The molecule has 0 saturated heterocycles. The summed E-state index contributed by atoms with van der Waals surface area (Å²) in [5.74, 6) is 1.95. The molecule has 3 rings (SSSR count). The number of methoxy groups -OCH3 is 1. The highest BCUT2D eigenvalue weighted by Gasteiger charge is 2.20. The molecule has 1 N–H and O–H groups in total. The normalized spacial score (nSPS) is 10.5. The van der Waals surface area contributed by atoms with Crippen LogP contribution in [0.4, 0.5) is 5.69 Å². The lowest BCUT2D eigenvalue weighted by molar-refractivity contribution is -0.116. The molecule has 0 unspecified atom stereocenters. The Kier molecular flexibility index (Phi) is 8.07. The summed E-state index contributed by atoms with van der Waals surface area (Å²) in [6.45, 7) is 1.73. The van der Waals surface area contributed by atoms with E-state index >= 15 is 0 Å². The van der Waals surface area contributed by atoms with E-state index in [4.69, 9.17) is 19.3 Å². The number of aromatic nitrogens is 1. The molecule has 2 aromatic carbocycles. The van der Waals surface area contributed by atoms with Gasteiger partial charge in [-0.3, -0.25) is 4.79 Å². The first-order valence-electron chi connectivity index (χ1n) is 9.59. The number of nitrogens with zero attached hydrogens (tertiary/aromatic N) is 2. The van der Waals surface area contributed by atoms with Crippen molar-refractivity contribution in [1.29, 1.82) is 0 Å². The summed E-state index contributed by atoms with van der Waals surface area (Å²) in [6, 6.07) is 16.4. The topological polar surface area (TPSA) is 81.1 Å². The summed E-state index contributed by atoms with van der Waals surface area (Å²) in [5, 5.41) is 9.12. The van der Waals surface area contributed by atoms with Crippen molar-refractivity contribution in [1.82, 2.24) is 4.98 Å². The van der Waals surface area contributed by atoms with Crippen LogP contribution in [0.2, 0.25) is 0 Å². The summed E-state index contributed by atoms with van der Waals surface area (Å²) < 4.78 is 18.0. The predicted octanol–water partition coefficient (Wildman–Crippen LogP) is 4.41. The molecule has 31 heavy (non-hydrogen) atoms. The quantitative estimate of drug-likeness (QED) is 0.410. The van der Waals surface area contributed by atoms with E-state index in [1.165, 1.54) is 6.92 Å². The maximum Gasteiger partial charge on any atom is 0.243 e. The van der Waals surface area contributed by atoms with Gasteiger partial charge < -0.3 is 24.2 Å². The zero-order valence-corrected chi connectivity index (χ0v) is 19.4. The zero-order valence-electron chi connectivity index (χ0n) is 17.2. The number of aliphatic hydroxyl groups is 1. The second kappa shape index (κ2) is 11.0. The molecule has 0 atom stereocenters. The lowest BCUT2D eigenvalue weighted by Crippen LogP contribution is -2.28. The third-order valence-electron chi connectivity index (χ3n) is 4.40. The molecule has 0 aliphatic heterocycles. The van der Waals surface area contributed by atoms with Gasteiger partial charge in [0.15, 0.2) is 0 Å². The molecule has 0 radical (unpaired) electrons. The van der Waals surface area contributed by atoms with Crippen molar-refractivity contribution in [2.45, 2.75) is 13.5 Å². The number of carbonyl (C=O) groups is 1. The van der Waals surface area contributed by atoms with Crippen LogP contribution >= 0.6 is 22.6 Å². The van der Waals surface area contributed by atoms with Gasteiger partial charge in [-0.1, -0.05) is 0 Å². The van der Waals surface area contributed by atoms with Crippen LogP contribution in [-0.4, -0.2) is 36.3 Å². The van der Waals surface area contributed by atoms with Gasteiger partial charge in [-0.25, -0.2) is 4.98 Å². The molecule has 0 bridgehead atoms. The number of ether oxygens (including phenoxy) is 3. The van der Waals surface area contributed by atoms with Crippen LogP contribution in [0.25, 0.3) is 0 Å². The molecule has 1 heterocycles. The third kappa shape index (κ3) is 6.08. The van der Waals surface area contributed by atoms with Crippen LogP contribution in [0.3, 0.4) is 0 Å². The standard InChI is InChI=1S/C23H23IN2O5/c1-16(28)26(15-17-14-20(29-2)9-10-22(17)30-13-12-27)21-4-3-11-25-23(21)31-19-7-5-18(24)6-8-19/h3-11,14,27H,12-13,15H2,1-2H3. The van der Waals surface area contributed by atoms with E-state index in [9.17, 15) is 4.79 Å². The van der Waals surface area contributed by atoms with Crippen molar-refractivity contribution in [2.24, 2.45) is 0 Å². The molecule has 162 valence electrons. The third-order valence-corrected chi connectivity index (χ3v) is 5.11. The molecule has 0 aliphatic rings. The molecule has 3 aromatic rings. The first-order chi connectivity index (χ1) is 15.0. The van der Waals surface area contributed by atoms with E-state index in [0.717, 1.165) is 9.13 Å². The fourth-order valence-electron chi connectivity index (χ4n) is 2.92. The number of aliphatic hydroxyl groups excluding tert-OH is 1. The SMILES string of the molecule is COc1ccc(OCCO)c(CN(C(C)=O)c2cccnc2Oc2ccc(I)cc2)c1. The van der Waals surface area contributed by atoms with Gasteiger partial charge in [0.1, 0.15) is 29.5 Å². The summed E-state index contributed by atoms with van der Waals surface area (Å²) >= 11 is 2.22. The van der Waals surface area contributed by atoms with Crippen LogP contribution in [0.1, 0.15) is 12.5 Å². The Morgan fingerprint density at radius 1 is 1.13 bits per heavy atom. The maximum atomic E-state index is 12.6. The molecule has 8 heteroatoms. The fraction of sp³-hybridized carbons (Fsp3) is 0.217. The minimum Gasteiger partial charge on any atom is -0.497 e. The molecule has 0 fully saturated rings. The maximum absolute atomic E-state index is 12.6. The van der Waals surface area contributed by atoms with Gasteiger partial charge in [0.2, 0.25) is 11.8 Å². The van der Waals surface area contributed by atoms with Gasteiger partial charge in [0.25, 0.3) is 0 Å². The van der Waals surface area contributed by atoms with Crippen LogP contribution in [0, 0.1) is 3.57 Å². The Morgan fingerprint density at radius 2 is 1.87 bits per heavy atom. The molecule has 0 spiro atoms. The first kappa shape index (κ1) is 22.8. The van der Waals surface area contributed by atoms with Gasteiger partial charge in [-0.05, 0) is 77.2 Å². The summed E-state index contributed by atoms with van der Waals surface area (Å²) in [6.07, 6.45) is 1.62. The highest BCUT2D eigenvalue weighted by Crippen LogP contribution is 2.33. The molecule has 0 saturated carbocycles. The number of halogens is 1. The molecule has 7 nitrogen and oxygen atoms in total. The number of hydrogen-bond acceptors (Lipinski definition) is 6. The number of anilines is 1. The van der Waals surface area contributed by atoms with Gasteiger partial charge in [0.05, 0.1) is 20.3 Å². The first-order valence-corrected chi connectivity index (χ1v) is 10.7. The summed E-state index contributed by atoms with van der Waals surface area (Å²) in [4.78, 5) is 18.5. The summed E-state index contributed by atoms with van der Waals surface area (Å²) in [7, 11) is 1.57. The van der Waals surface area contributed by atoms with Gasteiger partial charge >= 0.3 is 0 Å². The highest BCUT2D eigenvalue weighted by atomic mass is 127. The molecular formula is C23H23IN2O5. The molecule has 1 amide bonds. The minimum atomic E-state index is -0.184.